The number of benzene rings is 1. The third kappa shape index (κ3) is 6.10. The molecule has 0 bridgehead atoms. The molecule has 0 amide bonds. The standard InChI is InChI=1S/C26H36O/c1-5-6-11-20(2)12-9-15-24-18-17-21(3)26(24)25-16-10-14-23(22(25)4)13-7-8-19-27/h9-10,14-16,19-21,24,26H,7-8,11-13,17-18H2,1-4H3/b15-9+. The van der Waals surface area contributed by atoms with Gasteiger partial charge in [0.15, 0.2) is 0 Å². The molecule has 1 aliphatic rings. The van der Waals surface area contributed by atoms with Crippen LogP contribution in [0.1, 0.15) is 81.9 Å². The molecule has 1 aliphatic carbocycles. The molecule has 2 rings (SSSR count). The van der Waals surface area contributed by atoms with Crippen LogP contribution in [0.25, 0.3) is 0 Å². The number of allylic oxidation sites excluding steroid dienone is 2. The average molecular weight is 365 g/mol. The van der Waals surface area contributed by atoms with E-state index in [4.69, 9.17) is 0 Å². The Kier molecular flexibility index (Phi) is 8.86. The predicted molar refractivity (Wildman–Crippen MR) is 116 cm³/mol. The number of carbonyl (C=O) groups excluding carboxylic acids is 1. The van der Waals surface area contributed by atoms with Gasteiger partial charge < -0.3 is 4.79 Å². The van der Waals surface area contributed by atoms with Crippen LogP contribution in [0.5, 0.6) is 0 Å². The summed E-state index contributed by atoms with van der Waals surface area (Å²) in [6, 6.07) is 6.80. The number of hydrogen-bond donors (Lipinski definition) is 0. The van der Waals surface area contributed by atoms with Crippen molar-refractivity contribution in [3.8, 4) is 11.8 Å². The van der Waals surface area contributed by atoms with Gasteiger partial charge in [-0.3, -0.25) is 0 Å². The lowest BCUT2D eigenvalue weighted by Crippen LogP contribution is -2.12. The van der Waals surface area contributed by atoms with Gasteiger partial charge in [0.2, 0.25) is 0 Å². The molecule has 0 heterocycles. The van der Waals surface area contributed by atoms with E-state index in [1.807, 2.05) is 6.92 Å². The summed E-state index contributed by atoms with van der Waals surface area (Å²) >= 11 is 0. The third-order valence-electron chi connectivity index (χ3n) is 6.19. The predicted octanol–water partition coefficient (Wildman–Crippen LogP) is 6.64. The zero-order valence-corrected chi connectivity index (χ0v) is 17.6. The highest BCUT2D eigenvalue weighted by Crippen LogP contribution is 2.46. The molecular weight excluding hydrogens is 328 g/mol. The Hall–Kier alpha value is -1.81. The second-order valence-corrected chi connectivity index (χ2v) is 8.33. The number of hydrogen-bond acceptors (Lipinski definition) is 1. The van der Waals surface area contributed by atoms with Crippen LogP contribution in [-0.2, 0) is 11.2 Å². The van der Waals surface area contributed by atoms with Crippen LogP contribution in [0.2, 0.25) is 0 Å². The monoisotopic (exact) mass is 364 g/mol. The van der Waals surface area contributed by atoms with Crippen molar-refractivity contribution >= 4 is 6.29 Å². The van der Waals surface area contributed by atoms with E-state index in [-0.39, 0.29) is 0 Å². The zero-order valence-electron chi connectivity index (χ0n) is 17.6. The van der Waals surface area contributed by atoms with Crippen LogP contribution < -0.4 is 0 Å². The van der Waals surface area contributed by atoms with Crippen LogP contribution in [0.3, 0.4) is 0 Å². The van der Waals surface area contributed by atoms with E-state index in [1.54, 1.807) is 0 Å². The van der Waals surface area contributed by atoms with Crippen molar-refractivity contribution in [1.29, 1.82) is 0 Å². The summed E-state index contributed by atoms with van der Waals surface area (Å²) < 4.78 is 0. The van der Waals surface area contributed by atoms with Crippen LogP contribution in [0.15, 0.2) is 30.4 Å². The number of aldehydes is 1. The maximum absolute atomic E-state index is 10.6. The SMILES string of the molecule is CC#CCC(C)C/C=C/C1CCC(C)C1c1cccc(CCCC=O)c1C. The van der Waals surface area contributed by atoms with Gasteiger partial charge in [-0.15, -0.1) is 11.8 Å². The summed E-state index contributed by atoms with van der Waals surface area (Å²) in [5.74, 6) is 8.83. The summed E-state index contributed by atoms with van der Waals surface area (Å²) in [7, 11) is 0. The van der Waals surface area contributed by atoms with Gasteiger partial charge in [0.25, 0.3) is 0 Å². The largest absolute Gasteiger partial charge is 0.303 e. The average Bonchev–Trinajstić information content (AvgIpc) is 3.02. The molecule has 1 heteroatoms. The van der Waals surface area contributed by atoms with E-state index in [2.05, 4.69) is 63.0 Å². The van der Waals surface area contributed by atoms with Crippen molar-refractivity contribution < 1.29 is 4.79 Å². The van der Waals surface area contributed by atoms with Crippen molar-refractivity contribution in [2.75, 3.05) is 0 Å². The highest BCUT2D eigenvalue weighted by atomic mass is 16.1. The minimum absolute atomic E-state index is 0.623. The molecule has 0 N–H and O–H groups in total. The van der Waals surface area contributed by atoms with Crippen molar-refractivity contribution in [2.24, 2.45) is 17.8 Å². The quantitative estimate of drug-likeness (QED) is 0.208. The van der Waals surface area contributed by atoms with Gasteiger partial charge in [-0.2, -0.15) is 0 Å². The fraction of sp³-hybridized carbons (Fsp3) is 0.577. The van der Waals surface area contributed by atoms with Gasteiger partial charge in [0.05, 0.1) is 0 Å². The highest BCUT2D eigenvalue weighted by molar-refractivity contribution is 5.49. The lowest BCUT2D eigenvalue weighted by atomic mass is 9.80. The Labute approximate surface area is 166 Å². The molecule has 0 spiro atoms. The summed E-state index contributed by atoms with van der Waals surface area (Å²) in [5.41, 5.74) is 4.40. The van der Waals surface area contributed by atoms with Crippen molar-refractivity contribution in [1.82, 2.24) is 0 Å². The van der Waals surface area contributed by atoms with Crippen LogP contribution >= 0.6 is 0 Å². The van der Waals surface area contributed by atoms with E-state index in [0.29, 0.717) is 24.2 Å². The Morgan fingerprint density at radius 2 is 2.11 bits per heavy atom. The molecule has 0 saturated heterocycles. The minimum Gasteiger partial charge on any atom is -0.303 e. The van der Waals surface area contributed by atoms with Crippen LogP contribution in [0, 0.1) is 36.5 Å². The van der Waals surface area contributed by atoms with Gasteiger partial charge in [0.1, 0.15) is 6.29 Å². The third-order valence-corrected chi connectivity index (χ3v) is 6.19. The summed E-state index contributed by atoms with van der Waals surface area (Å²) in [4.78, 5) is 10.6. The molecule has 27 heavy (non-hydrogen) atoms. The molecule has 1 nitrogen and oxygen atoms in total. The van der Waals surface area contributed by atoms with Gasteiger partial charge >= 0.3 is 0 Å². The maximum Gasteiger partial charge on any atom is 0.120 e. The minimum atomic E-state index is 0.623. The van der Waals surface area contributed by atoms with E-state index >= 15 is 0 Å². The van der Waals surface area contributed by atoms with E-state index in [1.165, 1.54) is 29.5 Å². The summed E-state index contributed by atoms with van der Waals surface area (Å²) in [5, 5.41) is 0. The molecule has 1 fully saturated rings. The highest BCUT2D eigenvalue weighted by Gasteiger charge is 2.33. The first-order valence-electron chi connectivity index (χ1n) is 10.7. The van der Waals surface area contributed by atoms with Crippen molar-refractivity contribution in [3.63, 3.8) is 0 Å². The molecular formula is C26H36O. The second-order valence-electron chi connectivity index (χ2n) is 8.33. The first kappa shape index (κ1) is 21.5. The molecule has 4 unspecified atom stereocenters. The first-order valence-corrected chi connectivity index (χ1v) is 10.7. The van der Waals surface area contributed by atoms with Crippen molar-refractivity contribution in [3.05, 3.63) is 47.0 Å². The fourth-order valence-corrected chi connectivity index (χ4v) is 4.55. The molecule has 1 aromatic carbocycles. The van der Waals surface area contributed by atoms with E-state index < -0.39 is 0 Å². The maximum atomic E-state index is 10.6. The first-order chi connectivity index (χ1) is 13.1. The molecule has 0 aliphatic heterocycles. The Morgan fingerprint density at radius 3 is 2.85 bits per heavy atom. The zero-order chi connectivity index (χ0) is 19.6. The number of carbonyl (C=O) groups is 1. The van der Waals surface area contributed by atoms with Gasteiger partial charge in [-0.25, -0.2) is 0 Å². The summed E-state index contributed by atoms with van der Waals surface area (Å²) in [6.07, 6.45) is 13.3. The molecule has 146 valence electrons. The van der Waals surface area contributed by atoms with Gasteiger partial charge in [-0.1, -0.05) is 44.2 Å². The van der Waals surface area contributed by atoms with E-state index in [0.717, 1.165) is 37.9 Å². The Bertz CT molecular complexity index is 688. The summed E-state index contributed by atoms with van der Waals surface area (Å²) in [6.45, 7) is 8.90. The Balaban J connectivity index is 2.11. The molecule has 1 saturated carbocycles. The van der Waals surface area contributed by atoms with Gasteiger partial charge in [0, 0.05) is 12.8 Å². The number of rotatable bonds is 9. The van der Waals surface area contributed by atoms with Crippen LogP contribution in [0.4, 0.5) is 0 Å². The lowest BCUT2D eigenvalue weighted by Gasteiger charge is -2.25. The smallest absolute Gasteiger partial charge is 0.120 e. The van der Waals surface area contributed by atoms with Crippen LogP contribution in [-0.4, -0.2) is 6.29 Å². The molecule has 0 radical (unpaired) electrons. The second kappa shape index (κ2) is 11.1. The fourth-order valence-electron chi connectivity index (χ4n) is 4.55. The topological polar surface area (TPSA) is 17.1 Å². The van der Waals surface area contributed by atoms with Crippen molar-refractivity contribution in [2.45, 2.75) is 78.6 Å². The Morgan fingerprint density at radius 1 is 1.30 bits per heavy atom. The number of aryl methyl sites for hydroxylation is 1. The molecule has 0 aromatic heterocycles. The lowest BCUT2D eigenvalue weighted by molar-refractivity contribution is -0.107. The normalized spacial score (nSPS) is 23.2. The molecule has 4 atom stereocenters. The molecule has 1 aromatic rings. The van der Waals surface area contributed by atoms with Gasteiger partial charge in [-0.05, 0) is 86.3 Å². The van der Waals surface area contributed by atoms with E-state index in [9.17, 15) is 4.79 Å². The number of unbranched alkanes of at least 4 members (excludes halogenated alkanes) is 1.